The zero-order chi connectivity index (χ0) is 16.8. The van der Waals surface area contributed by atoms with Crippen LogP contribution in [0.15, 0.2) is 24.3 Å². The Morgan fingerprint density at radius 3 is 2.52 bits per heavy atom. The molecule has 1 aliphatic heterocycles. The third-order valence-electron chi connectivity index (χ3n) is 3.92. The summed E-state index contributed by atoms with van der Waals surface area (Å²) < 4.78 is 0. The van der Waals surface area contributed by atoms with E-state index in [4.69, 9.17) is 5.73 Å². The third-order valence-corrected chi connectivity index (χ3v) is 3.92. The molecule has 1 heterocycles. The van der Waals surface area contributed by atoms with Crippen LogP contribution >= 0.6 is 0 Å². The lowest BCUT2D eigenvalue weighted by molar-refractivity contribution is -0.144. The topological polar surface area (TPSA) is 81.9 Å². The van der Waals surface area contributed by atoms with E-state index in [1.165, 1.54) is 0 Å². The van der Waals surface area contributed by atoms with Crippen LogP contribution in [0.3, 0.4) is 0 Å². The molecule has 7 nitrogen and oxygen atoms in total. The van der Waals surface area contributed by atoms with E-state index in [2.05, 4.69) is 10.2 Å². The van der Waals surface area contributed by atoms with E-state index in [0.717, 1.165) is 25.3 Å². The first kappa shape index (κ1) is 17.2. The summed E-state index contributed by atoms with van der Waals surface area (Å²) in [5, 5.41) is 2.68. The number of piperazine rings is 1. The lowest BCUT2D eigenvalue weighted by Crippen LogP contribution is -2.52. The molecule has 1 aromatic rings. The first-order valence-electron chi connectivity index (χ1n) is 7.81. The zero-order valence-corrected chi connectivity index (χ0v) is 13.8. The van der Waals surface area contributed by atoms with Crippen molar-refractivity contribution in [2.45, 2.75) is 0 Å². The third kappa shape index (κ3) is 4.67. The summed E-state index contributed by atoms with van der Waals surface area (Å²) in [6.45, 7) is 4.06. The van der Waals surface area contributed by atoms with Gasteiger partial charge in [-0.25, -0.2) is 0 Å². The number of nitrogens with two attached hydrogens (primary N) is 1. The van der Waals surface area contributed by atoms with Gasteiger partial charge in [-0.15, -0.1) is 0 Å². The molecule has 0 aliphatic carbocycles. The first-order valence-corrected chi connectivity index (χ1v) is 7.81. The Balaban J connectivity index is 1.91. The maximum atomic E-state index is 12.2. The Bertz CT molecular complexity index is 553. The van der Waals surface area contributed by atoms with Crippen LogP contribution in [-0.2, 0) is 9.59 Å². The van der Waals surface area contributed by atoms with Gasteiger partial charge in [0, 0.05) is 64.7 Å². The van der Waals surface area contributed by atoms with E-state index in [0.29, 0.717) is 25.3 Å². The van der Waals surface area contributed by atoms with Gasteiger partial charge >= 0.3 is 11.8 Å². The Morgan fingerprint density at radius 1 is 1.22 bits per heavy atom. The molecule has 126 valence electrons. The minimum Gasteiger partial charge on any atom is -0.378 e. The van der Waals surface area contributed by atoms with Crippen molar-refractivity contribution in [2.24, 2.45) is 5.73 Å². The van der Waals surface area contributed by atoms with Crippen LogP contribution in [0.4, 0.5) is 11.4 Å². The molecule has 3 N–H and O–H groups in total. The number of nitrogens with zero attached hydrogens (tertiary/aromatic N) is 3. The van der Waals surface area contributed by atoms with E-state index in [9.17, 15) is 9.59 Å². The smallest absolute Gasteiger partial charge is 0.313 e. The number of carbonyl (C=O) groups excluding carboxylic acids is 2. The van der Waals surface area contributed by atoms with Crippen molar-refractivity contribution in [2.75, 3.05) is 63.6 Å². The van der Waals surface area contributed by atoms with Gasteiger partial charge in [0.25, 0.3) is 0 Å². The molecule has 23 heavy (non-hydrogen) atoms. The van der Waals surface area contributed by atoms with Crippen molar-refractivity contribution < 1.29 is 9.59 Å². The van der Waals surface area contributed by atoms with Crippen LogP contribution in [-0.4, -0.2) is 75.0 Å². The normalized spacial score (nSPS) is 15.3. The Kier molecular flexibility index (Phi) is 5.95. The first-order chi connectivity index (χ1) is 11.0. The number of benzene rings is 1. The summed E-state index contributed by atoms with van der Waals surface area (Å²) >= 11 is 0. The predicted molar refractivity (Wildman–Crippen MR) is 91.5 cm³/mol. The predicted octanol–water partition coefficient (Wildman–Crippen LogP) is -0.206. The van der Waals surface area contributed by atoms with Crippen molar-refractivity contribution in [3.8, 4) is 0 Å². The van der Waals surface area contributed by atoms with Crippen LogP contribution in [0.25, 0.3) is 0 Å². The number of rotatable bonds is 4. The van der Waals surface area contributed by atoms with E-state index < -0.39 is 11.8 Å². The molecule has 2 rings (SSSR count). The number of amides is 2. The summed E-state index contributed by atoms with van der Waals surface area (Å²) in [6, 6.07) is 7.40. The Labute approximate surface area is 137 Å². The average Bonchev–Trinajstić information content (AvgIpc) is 2.55. The van der Waals surface area contributed by atoms with Gasteiger partial charge in [0.2, 0.25) is 0 Å². The fraction of sp³-hybridized carbons (Fsp3) is 0.500. The van der Waals surface area contributed by atoms with E-state index in [-0.39, 0.29) is 0 Å². The van der Waals surface area contributed by atoms with Crippen molar-refractivity contribution >= 4 is 23.2 Å². The maximum absolute atomic E-state index is 12.2. The number of hydrogen-bond acceptors (Lipinski definition) is 5. The number of anilines is 2. The van der Waals surface area contributed by atoms with Crippen LogP contribution in [0.2, 0.25) is 0 Å². The Morgan fingerprint density at radius 2 is 1.91 bits per heavy atom. The van der Waals surface area contributed by atoms with Gasteiger partial charge in [-0.3, -0.25) is 14.5 Å². The molecular formula is C16H25N5O2. The molecule has 2 amide bonds. The highest BCUT2D eigenvalue weighted by Crippen LogP contribution is 2.17. The average molecular weight is 319 g/mol. The number of carbonyl (C=O) groups is 2. The molecule has 0 bridgehead atoms. The lowest BCUT2D eigenvalue weighted by Gasteiger charge is -2.34. The minimum absolute atomic E-state index is 0.479. The molecule has 0 radical (unpaired) electrons. The largest absolute Gasteiger partial charge is 0.378 e. The van der Waals surface area contributed by atoms with E-state index >= 15 is 0 Å². The van der Waals surface area contributed by atoms with Crippen LogP contribution in [0.5, 0.6) is 0 Å². The molecule has 0 saturated carbocycles. The fourth-order valence-electron chi connectivity index (χ4n) is 2.55. The van der Waals surface area contributed by atoms with E-state index in [1.807, 2.05) is 37.2 Å². The molecule has 0 spiro atoms. The molecule has 1 aliphatic rings. The van der Waals surface area contributed by atoms with Gasteiger partial charge in [-0.1, -0.05) is 6.07 Å². The zero-order valence-electron chi connectivity index (χ0n) is 13.8. The summed E-state index contributed by atoms with van der Waals surface area (Å²) in [6.07, 6.45) is 0. The summed E-state index contributed by atoms with van der Waals surface area (Å²) in [5.74, 6) is -1.07. The van der Waals surface area contributed by atoms with Gasteiger partial charge in [0.15, 0.2) is 0 Å². The molecule has 1 aromatic carbocycles. The number of hydrogen-bond donors (Lipinski definition) is 2. The monoisotopic (exact) mass is 319 g/mol. The van der Waals surface area contributed by atoms with Gasteiger partial charge in [-0.05, 0) is 18.2 Å². The number of nitrogens with one attached hydrogen (secondary N) is 1. The SMILES string of the molecule is CN(C)c1cccc(NC(=O)C(=O)N2CCN(CCN)CC2)c1. The van der Waals surface area contributed by atoms with Gasteiger partial charge in [0.1, 0.15) is 0 Å². The quantitative estimate of drug-likeness (QED) is 0.751. The molecule has 0 unspecified atom stereocenters. The van der Waals surface area contributed by atoms with Crippen LogP contribution in [0.1, 0.15) is 0 Å². The van der Waals surface area contributed by atoms with Gasteiger partial charge in [0.05, 0.1) is 0 Å². The molecule has 1 saturated heterocycles. The summed E-state index contributed by atoms with van der Waals surface area (Å²) in [7, 11) is 3.85. The Hall–Kier alpha value is -2.12. The fourth-order valence-corrected chi connectivity index (χ4v) is 2.55. The van der Waals surface area contributed by atoms with Crippen molar-refractivity contribution in [3.63, 3.8) is 0 Å². The van der Waals surface area contributed by atoms with Gasteiger partial charge in [-0.2, -0.15) is 0 Å². The highest BCUT2D eigenvalue weighted by Gasteiger charge is 2.25. The molecule has 7 heteroatoms. The highest BCUT2D eigenvalue weighted by atomic mass is 16.2. The molecule has 0 atom stereocenters. The molecule has 1 fully saturated rings. The second kappa shape index (κ2) is 7.94. The second-order valence-corrected chi connectivity index (χ2v) is 5.82. The lowest BCUT2D eigenvalue weighted by atomic mass is 10.2. The second-order valence-electron chi connectivity index (χ2n) is 5.82. The van der Waals surface area contributed by atoms with E-state index in [1.54, 1.807) is 11.0 Å². The molecule has 0 aromatic heterocycles. The van der Waals surface area contributed by atoms with Crippen molar-refractivity contribution in [3.05, 3.63) is 24.3 Å². The minimum atomic E-state index is -0.590. The van der Waals surface area contributed by atoms with Crippen LogP contribution in [0, 0.1) is 0 Å². The highest BCUT2D eigenvalue weighted by molar-refractivity contribution is 6.39. The van der Waals surface area contributed by atoms with Gasteiger partial charge < -0.3 is 20.9 Å². The molecular weight excluding hydrogens is 294 g/mol. The summed E-state index contributed by atoms with van der Waals surface area (Å²) in [4.78, 5) is 30.1. The maximum Gasteiger partial charge on any atom is 0.313 e. The van der Waals surface area contributed by atoms with Crippen LogP contribution < -0.4 is 16.0 Å². The standard InChI is InChI=1S/C16H25N5O2/c1-19(2)14-5-3-4-13(12-14)18-15(22)16(23)21-10-8-20(7-6-17)9-11-21/h3-5,12H,6-11,17H2,1-2H3,(H,18,22). The van der Waals surface area contributed by atoms with Crippen molar-refractivity contribution in [1.82, 2.24) is 9.80 Å². The van der Waals surface area contributed by atoms with Crippen molar-refractivity contribution in [1.29, 1.82) is 0 Å². The summed E-state index contributed by atoms with van der Waals surface area (Å²) in [5.41, 5.74) is 7.12.